The van der Waals surface area contributed by atoms with Crippen molar-refractivity contribution in [3.8, 4) is 0 Å². The van der Waals surface area contributed by atoms with Crippen molar-refractivity contribution < 1.29 is 9.72 Å². The van der Waals surface area contributed by atoms with Gasteiger partial charge in [0.15, 0.2) is 5.11 Å². The molecule has 0 radical (unpaired) electrons. The lowest BCUT2D eigenvalue weighted by atomic mass is 10.1. The van der Waals surface area contributed by atoms with Crippen LogP contribution in [0.15, 0.2) is 60.7 Å². The van der Waals surface area contributed by atoms with Gasteiger partial charge in [0, 0.05) is 30.4 Å². The summed E-state index contributed by atoms with van der Waals surface area (Å²) in [7, 11) is 0. The zero-order valence-electron chi connectivity index (χ0n) is 16.8. The molecule has 0 atom stereocenters. The zero-order chi connectivity index (χ0) is 21.8. The van der Waals surface area contributed by atoms with Crippen molar-refractivity contribution in [3.63, 3.8) is 0 Å². The number of benzene rings is 3. The highest BCUT2D eigenvalue weighted by Crippen LogP contribution is 2.31. The van der Waals surface area contributed by atoms with E-state index in [0.29, 0.717) is 5.69 Å². The van der Waals surface area contributed by atoms with Gasteiger partial charge in [0.2, 0.25) is 0 Å². The number of thiocarbonyl (C=S) groups is 1. The van der Waals surface area contributed by atoms with Crippen LogP contribution in [0.3, 0.4) is 0 Å². The monoisotopic (exact) mass is 434 g/mol. The maximum absolute atomic E-state index is 12.6. The Morgan fingerprint density at radius 3 is 2.45 bits per heavy atom. The second kappa shape index (κ2) is 9.09. The summed E-state index contributed by atoms with van der Waals surface area (Å²) in [5.41, 5.74) is 1.42. The number of hydrogen-bond acceptors (Lipinski definition) is 5. The first-order valence-electron chi connectivity index (χ1n) is 10.2. The summed E-state index contributed by atoms with van der Waals surface area (Å²) in [6.45, 7) is 1.57. The molecule has 158 valence electrons. The number of amides is 1. The summed E-state index contributed by atoms with van der Waals surface area (Å²) in [6, 6.07) is 18.3. The van der Waals surface area contributed by atoms with Crippen molar-refractivity contribution in [1.29, 1.82) is 0 Å². The highest BCUT2D eigenvalue weighted by atomic mass is 32.1. The van der Waals surface area contributed by atoms with Crippen LogP contribution in [-0.2, 0) is 0 Å². The number of fused-ring (bicyclic) bond motifs is 1. The van der Waals surface area contributed by atoms with Gasteiger partial charge < -0.3 is 10.2 Å². The Bertz CT molecular complexity index is 1160. The largest absolute Gasteiger partial charge is 0.366 e. The first-order valence-corrected chi connectivity index (χ1v) is 10.6. The predicted molar refractivity (Wildman–Crippen MR) is 127 cm³/mol. The molecular weight excluding hydrogens is 412 g/mol. The molecule has 3 aromatic carbocycles. The van der Waals surface area contributed by atoms with Gasteiger partial charge in [-0.1, -0.05) is 30.3 Å². The minimum absolute atomic E-state index is 0.0667. The molecule has 7 nitrogen and oxygen atoms in total. The van der Waals surface area contributed by atoms with Crippen LogP contribution >= 0.6 is 12.2 Å². The molecule has 31 heavy (non-hydrogen) atoms. The Morgan fingerprint density at radius 2 is 1.71 bits per heavy atom. The van der Waals surface area contributed by atoms with Crippen molar-refractivity contribution in [2.24, 2.45) is 0 Å². The number of nitrogens with zero attached hydrogens (tertiary/aromatic N) is 2. The van der Waals surface area contributed by atoms with Crippen LogP contribution in [-0.4, -0.2) is 29.0 Å². The van der Waals surface area contributed by atoms with E-state index in [4.69, 9.17) is 12.2 Å². The van der Waals surface area contributed by atoms with Gasteiger partial charge in [-0.3, -0.25) is 20.2 Å². The van der Waals surface area contributed by atoms with Crippen LogP contribution in [0.5, 0.6) is 0 Å². The van der Waals surface area contributed by atoms with E-state index < -0.39 is 10.8 Å². The van der Waals surface area contributed by atoms with E-state index in [1.807, 2.05) is 47.4 Å². The minimum atomic E-state index is -0.494. The minimum Gasteiger partial charge on any atom is -0.366 e. The average Bonchev–Trinajstić information content (AvgIpc) is 2.79. The molecule has 0 saturated carbocycles. The predicted octanol–water partition coefficient (Wildman–Crippen LogP) is 4.87. The van der Waals surface area contributed by atoms with Crippen molar-refractivity contribution in [2.75, 3.05) is 23.3 Å². The third-order valence-corrected chi connectivity index (χ3v) is 5.57. The molecule has 0 unspecified atom stereocenters. The molecule has 8 heteroatoms. The summed E-state index contributed by atoms with van der Waals surface area (Å²) in [5, 5.41) is 19.5. The molecule has 0 aliphatic carbocycles. The lowest BCUT2D eigenvalue weighted by molar-refractivity contribution is -0.384. The van der Waals surface area contributed by atoms with E-state index in [-0.39, 0.29) is 16.4 Å². The van der Waals surface area contributed by atoms with E-state index in [9.17, 15) is 14.9 Å². The molecule has 3 aromatic rings. The Morgan fingerprint density at radius 1 is 0.968 bits per heavy atom. The number of anilines is 2. The Hall–Kier alpha value is -3.52. The van der Waals surface area contributed by atoms with Crippen molar-refractivity contribution in [1.82, 2.24) is 5.32 Å². The third-order valence-electron chi connectivity index (χ3n) is 5.37. The number of carbonyl (C=O) groups excluding carboxylic acids is 1. The number of nitro groups is 1. The van der Waals surface area contributed by atoms with Crippen LogP contribution in [0.2, 0.25) is 0 Å². The van der Waals surface area contributed by atoms with Crippen molar-refractivity contribution >= 4 is 51.1 Å². The third kappa shape index (κ3) is 4.80. The average molecular weight is 435 g/mol. The van der Waals surface area contributed by atoms with Crippen LogP contribution in [0, 0.1) is 10.1 Å². The normalized spacial score (nSPS) is 13.6. The first-order chi connectivity index (χ1) is 15.0. The van der Waals surface area contributed by atoms with Crippen LogP contribution < -0.4 is 15.5 Å². The molecule has 1 aliphatic rings. The Kier molecular flexibility index (Phi) is 6.08. The first kappa shape index (κ1) is 20.7. The Labute approximate surface area is 185 Å². The lowest BCUT2D eigenvalue weighted by Gasteiger charge is -2.28. The van der Waals surface area contributed by atoms with Gasteiger partial charge in [0.05, 0.1) is 4.92 Å². The fraction of sp³-hybridized carbons (Fsp3) is 0.217. The van der Waals surface area contributed by atoms with Crippen LogP contribution in [0.4, 0.5) is 17.1 Å². The fourth-order valence-corrected chi connectivity index (χ4v) is 4.03. The van der Waals surface area contributed by atoms with Gasteiger partial charge in [-0.2, -0.15) is 0 Å². The second-order valence-electron chi connectivity index (χ2n) is 7.48. The molecule has 0 spiro atoms. The van der Waals surface area contributed by atoms with E-state index >= 15 is 0 Å². The summed E-state index contributed by atoms with van der Waals surface area (Å²) in [6.07, 6.45) is 3.15. The van der Waals surface area contributed by atoms with E-state index in [1.54, 1.807) is 12.1 Å². The number of hydrogen-bond donors (Lipinski definition) is 2. The Balaban J connectivity index is 1.47. The second-order valence-corrected chi connectivity index (χ2v) is 7.89. The number of rotatable bonds is 4. The summed E-state index contributed by atoms with van der Waals surface area (Å²) < 4.78 is 0. The van der Waals surface area contributed by atoms with Gasteiger partial charge in [-0.15, -0.1) is 0 Å². The highest BCUT2D eigenvalue weighted by molar-refractivity contribution is 7.80. The fourth-order valence-electron chi connectivity index (χ4n) is 3.82. The van der Waals surface area contributed by atoms with Gasteiger partial charge >= 0.3 is 0 Å². The van der Waals surface area contributed by atoms with E-state index in [1.165, 1.54) is 6.07 Å². The maximum Gasteiger partial charge on any atom is 0.293 e. The van der Waals surface area contributed by atoms with Gasteiger partial charge in [0.1, 0.15) is 5.69 Å². The smallest absolute Gasteiger partial charge is 0.293 e. The summed E-state index contributed by atoms with van der Waals surface area (Å²) in [5.74, 6) is -0.494. The highest BCUT2D eigenvalue weighted by Gasteiger charge is 2.23. The molecule has 2 N–H and O–H groups in total. The molecule has 0 bridgehead atoms. The molecule has 1 heterocycles. The van der Waals surface area contributed by atoms with Crippen LogP contribution in [0.1, 0.15) is 29.6 Å². The number of carbonyl (C=O) groups is 1. The molecule has 4 rings (SSSR count). The number of nitro benzene ring substituents is 1. The standard InChI is InChI=1S/C23H22N4O3S/c28-22(25-23(31)24-19-10-8-16-6-2-3-7-17(16)14-19)18-9-11-20(21(15-18)27(29)30)26-12-4-1-5-13-26/h2-3,6-11,14-15H,1,4-5,12-13H2,(H2,24,25,28,31). The zero-order valence-corrected chi connectivity index (χ0v) is 17.7. The summed E-state index contributed by atoms with van der Waals surface area (Å²) >= 11 is 5.26. The quantitative estimate of drug-likeness (QED) is 0.346. The molecule has 1 amide bonds. The maximum atomic E-state index is 12.6. The van der Waals surface area contributed by atoms with Gasteiger partial charge in [-0.25, -0.2) is 0 Å². The van der Waals surface area contributed by atoms with E-state index in [0.717, 1.165) is 48.8 Å². The topological polar surface area (TPSA) is 87.5 Å². The summed E-state index contributed by atoms with van der Waals surface area (Å²) in [4.78, 5) is 25.8. The van der Waals surface area contributed by atoms with Gasteiger partial charge in [0.25, 0.3) is 11.6 Å². The van der Waals surface area contributed by atoms with Crippen LogP contribution in [0.25, 0.3) is 10.8 Å². The molecule has 1 aliphatic heterocycles. The number of piperidine rings is 1. The molecule has 1 saturated heterocycles. The molecule has 1 fully saturated rings. The SMILES string of the molecule is O=C(NC(=S)Nc1ccc2ccccc2c1)c1ccc(N2CCCCC2)c([N+](=O)[O-])c1. The molecular formula is C23H22N4O3S. The van der Waals surface area contributed by atoms with Gasteiger partial charge in [-0.05, 0) is 66.5 Å². The lowest BCUT2D eigenvalue weighted by Crippen LogP contribution is -2.34. The van der Waals surface area contributed by atoms with Crippen molar-refractivity contribution in [2.45, 2.75) is 19.3 Å². The molecule has 0 aromatic heterocycles. The van der Waals surface area contributed by atoms with Crippen molar-refractivity contribution in [3.05, 3.63) is 76.3 Å². The number of nitrogens with one attached hydrogen (secondary N) is 2. The van der Waals surface area contributed by atoms with E-state index in [2.05, 4.69) is 10.6 Å².